The van der Waals surface area contributed by atoms with Gasteiger partial charge in [0.2, 0.25) is 0 Å². The van der Waals surface area contributed by atoms with Crippen LogP contribution in [0.4, 0.5) is 0 Å². The second kappa shape index (κ2) is 7.94. The molecule has 26 heavy (non-hydrogen) atoms. The van der Waals surface area contributed by atoms with Crippen molar-refractivity contribution >= 4 is 17.4 Å². The van der Waals surface area contributed by atoms with Crippen molar-refractivity contribution in [1.29, 1.82) is 0 Å². The second-order valence-electron chi connectivity index (χ2n) is 7.14. The Morgan fingerprint density at radius 2 is 1.85 bits per heavy atom. The van der Waals surface area contributed by atoms with Gasteiger partial charge in [-0.15, -0.1) is 0 Å². The zero-order valence-corrected chi connectivity index (χ0v) is 16.0. The van der Waals surface area contributed by atoms with Crippen LogP contribution in [0.15, 0.2) is 30.0 Å². The maximum atomic E-state index is 13.0. The summed E-state index contributed by atoms with van der Waals surface area (Å²) in [6.45, 7) is 8.85. The van der Waals surface area contributed by atoms with Gasteiger partial charge in [0, 0.05) is 19.6 Å². The average Bonchev–Trinajstić information content (AvgIpc) is 2.88. The van der Waals surface area contributed by atoms with Gasteiger partial charge in [-0.2, -0.15) is 0 Å². The van der Waals surface area contributed by atoms with Crippen molar-refractivity contribution in [2.45, 2.75) is 40.0 Å². The van der Waals surface area contributed by atoms with Crippen LogP contribution in [-0.4, -0.2) is 47.9 Å². The lowest BCUT2D eigenvalue weighted by Gasteiger charge is -2.33. The number of amides is 2. The Morgan fingerprint density at radius 1 is 1.12 bits per heavy atom. The Bertz CT molecular complexity index is 708. The third-order valence-corrected chi connectivity index (χ3v) is 5.02. The van der Waals surface area contributed by atoms with E-state index >= 15 is 0 Å². The van der Waals surface area contributed by atoms with Gasteiger partial charge in [0.25, 0.3) is 11.8 Å². The van der Waals surface area contributed by atoms with Gasteiger partial charge in [0.1, 0.15) is 11.4 Å². The highest BCUT2D eigenvalue weighted by atomic mass is 16.5. The normalized spacial score (nSPS) is 21.0. The summed E-state index contributed by atoms with van der Waals surface area (Å²) in [5.41, 5.74) is 1.92. The summed E-state index contributed by atoms with van der Waals surface area (Å²) in [5.74, 6) is 0.984. The van der Waals surface area contributed by atoms with Gasteiger partial charge in [-0.05, 0) is 49.8 Å². The van der Waals surface area contributed by atoms with Crippen molar-refractivity contribution in [3.05, 3.63) is 35.5 Å². The van der Waals surface area contributed by atoms with Gasteiger partial charge in [0.05, 0.1) is 12.2 Å². The van der Waals surface area contributed by atoms with E-state index in [-0.39, 0.29) is 11.8 Å². The Morgan fingerprint density at radius 3 is 2.46 bits per heavy atom. The molecule has 1 aromatic rings. The lowest BCUT2D eigenvalue weighted by Crippen LogP contribution is -2.39. The summed E-state index contributed by atoms with van der Waals surface area (Å²) in [5, 5.41) is 0. The van der Waals surface area contributed by atoms with Crippen molar-refractivity contribution < 1.29 is 14.3 Å². The molecule has 140 valence electrons. The van der Waals surface area contributed by atoms with E-state index in [0.717, 1.165) is 37.2 Å². The summed E-state index contributed by atoms with van der Waals surface area (Å²) >= 11 is 0. The van der Waals surface area contributed by atoms with E-state index < -0.39 is 0 Å². The molecule has 0 N–H and O–H groups in total. The van der Waals surface area contributed by atoms with Gasteiger partial charge >= 0.3 is 0 Å². The summed E-state index contributed by atoms with van der Waals surface area (Å²) < 4.78 is 5.50. The Balaban J connectivity index is 2.01. The maximum absolute atomic E-state index is 13.0. The van der Waals surface area contributed by atoms with Crippen molar-refractivity contribution in [2.24, 2.45) is 5.92 Å². The number of rotatable bonds is 6. The van der Waals surface area contributed by atoms with Crippen LogP contribution in [0.1, 0.15) is 45.6 Å². The number of imide groups is 1. The van der Waals surface area contributed by atoms with Crippen molar-refractivity contribution in [2.75, 3.05) is 26.2 Å². The number of piperidine rings is 1. The summed E-state index contributed by atoms with van der Waals surface area (Å²) in [4.78, 5) is 29.6. The summed E-state index contributed by atoms with van der Waals surface area (Å²) in [6, 6.07) is 7.49. The molecule has 5 heteroatoms. The molecule has 0 aliphatic carbocycles. The Labute approximate surface area is 155 Å². The van der Waals surface area contributed by atoms with Gasteiger partial charge in [-0.3, -0.25) is 14.5 Å². The number of benzene rings is 1. The number of carbonyl (C=O) groups is 2. The van der Waals surface area contributed by atoms with Gasteiger partial charge in [-0.1, -0.05) is 26.0 Å². The van der Waals surface area contributed by atoms with Crippen LogP contribution >= 0.6 is 0 Å². The Hall–Kier alpha value is -2.30. The third kappa shape index (κ3) is 3.48. The molecule has 2 aliphatic rings. The van der Waals surface area contributed by atoms with Crippen LogP contribution in [0.25, 0.3) is 5.57 Å². The standard InChI is InChI=1S/C21H28N2O3/c1-4-12-23-20(24)18(16-8-10-17(11-9-16)26-5-2)19(21(23)25)22-13-6-7-15(3)14-22/h8-11,15H,4-7,12-14H2,1-3H3. The van der Waals surface area contributed by atoms with Crippen LogP contribution in [-0.2, 0) is 9.59 Å². The van der Waals surface area contributed by atoms with Crippen molar-refractivity contribution in [3.63, 3.8) is 0 Å². The SMILES string of the molecule is CCCN1C(=O)C(c2ccc(OCC)cc2)=C(N2CCCC(C)C2)C1=O. The number of hydrogen-bond donors (Lipinski definition) is 0. The van der Waals surface area contributed by atoms with Crippen LogP contribution in [0.2, 0.25) is 0 Å². The van der Waals surface area contributed by atoms with Gasteiger partial charge in [0.15, 0.2) is 0 Å². The molecule has 1 unspecified atom stereocenters. The molecule has 1 fully saturated rings. The molecule has 1 saturated heterocycles. The highest BCUT2D eigenvalue weighted by Gasteiger charge is 2.41. The zero-order chi connectivity index (χ0) is 18.7. The van der Waals surface area contributed by atoms with E-state index in [9.17, 15) is 9.59 Å². The fourth-order valence-electron chi connectivity index (χ4n) is 3.82. The first-order chi connectivity index (χ1) is 12.6. The molecule has 1 atom stereocenters. The van der Waals surface area contributed by atoms with Crippen LogP contribution in [0.3, 0.4) is 0 Å². The monoisotopic (exact) mass is 356 g/mol. The summed E-state index contributed by atoms with van der Waals surface area (Å²) in [7, 11) is 0. The van der Waals surface area contributed by atoms with Crippen LogP contribution in [0, 0.1) is 5.92 Å². The predicted octanol–water partition coefficient (Wildman–Crippen LogP) is 3.31. The predicted molar refractivity (Wildman–Crippen MR) is 102 cm³/mol. The molecular formula is C21H28N2O3. The van der Waals surface area contributed by atoms with Crippen LogP contribution < -0.4 is 4.74 Å². The number of likely N-dealkylation sites (tertiary alicyclic amines) is 1. The first kappa shape index (κ1) is 18.5. The highest BCUT2D eigenvalue weighted by molar-refractivity contribution is 6.35. The maximum Gasteiger partial charge on any atom is 0.277 e. The van der Waals surface area contributed by atoms with E-state index in [1.54, 1.807) is 0 Å². The minimum atomic E-state index is -0.172. The van der Waals surface area contributed by atoms with Crippen LogP contribution in [0.5, 0.6) is 5.75 Å². The van der Waals surface area contributed by atoms with Crippen molar-refractivity contribution in [3.8, 4) is 5.75 Å². The lowest BCUT2D eigenvalue weighted by atomic mass is 9.97. The molecule has 2 heterocycles. The summed E-state index contributed by atoms with van der Waals surface area (Å²) in [6.07, 6.45) is 2.98. The van der Waals surface area contributed by atoms with Crippen molar-refractivity contribution in [1.82, 2.24) is 9.80 Å². The lowest BCUT2D eigenvalue weighted by molar-refractivity contribution is -0.137. The molecule has 1 aromatic carbocycles. The zero-order valence-electron chi connectivity index (χ0n) is 16.0. The molecule has 5 nitrogen and oxygen atoms in total. The van der Waals surface area contributed by atoms with Gasteiger partial charge in [-0.25, -0.2) is 0 Å². The first-order valence-electron chi connectivity index (χ1n) is 9.65. The van der Waals surface area contributed by atoms with Gasteiger partial charge < -0.3 is 9.64 Å². The average molecular weight is 356 g/mol. The Kier molecular flexibility index (Phi) is 5.64. The smallest absolute Gasteiger partial charge is 0.277 e. The number of ether oxygens (including phenoxy) is 1. The number of hydrogen-bond acceptors (Lipinski definition) is 4. The largest absolute Gasteiger partial charge is 0.494 e. The molecule has 3 rings (SSSR count). The van der Waals surface area contributed by atoms with E-state index in [4.69, 9.17) is 4.74 Å². The molecule has 0 radical (unpaired) electrons. The topological polar surface area (TPSA) is 49.9 Å². The second-order valence-corrected chi connectivity index (χ2v) is 7.14. The fourth-order valence-corrected chi connectivity index (χ4v) is 3.82. The van der Waals surface area contributed by atoms with E-state index in [1.807, 2.05) is 38.1 Å². The molecule has 0 bridgehead atoms. The molecule has 0 spiro atoms. The number of nitrogens with zero attached hydrogens (tertiary/aromatic N) is 2. The molecule has 2 amide bonds. The molecule has 0 saturated carbocycles. The quantitative estimate of drug-likeness (QED) is 0.734. The highest BCUT2D eigenvalue weighted by Crippen LogP contribution is 2.34. The molecule has 2 aliphatic heterocycles. The molecular weight excluding hydrogens is 328 g/mol. The first-order valence-corrected chi connectivity index (χ1v) is 9.65. The fraction of sp³-hybridized carbons (Fsp3) is 0.524. The van der Waals surface area contributed by atoms with E-state index in [1.165, 1.54) is 11.3 Å². The number of carbonyl (C=O) groups excluding carboxylic acids is 2. The molecule has 0 aromatic heterocycles. The van der Waals surface area contributed by atoms with E-state index in [0.29, 0.717) is 30.3 Å². The van der Waals surface area contributed by atoms with E-state index in [2.05, 4.69) is 11.8 Å². The third-order valence-electron chi connectivity index (χ3n) is 5.02. The minimum absolute atomic E-state index is 0.144. The minimum Gasteiger partial charge on any atom is -0.494 e.